The SMILES string of the molecule is CCc1cn(C2CC2)c(N2CC(C)C(N)C2)n1. The number of anilines is 1. The second kappa shape index (κ2) is 4.02. The molecule has 2 atom stereocenters. The van der Waals surface area contributed by atoms with Gasteiger partial charge in [0.2, 0.25) is 5.95 Å². The van der Waals surface area contributed by atoms with Gasteiger partial charge in [-0.1, -0.05) is 13.8 Å². The molecule has 0 aromatic carbocycles. The smallest absolute Gasteiger partial charge is 0.206 e. The van der Waals surface area contributed by atoms with E-state index in [-0.39, 0.29) is 0 Å². The number of aromatic nitrogens is 2. The van der Waals surface area contributed by atoms with Gasteiger partial charge in [-0.2, -0.15) is 0 Å². The van der Waals surface area contributed by atoms with Crippen molar-refractivity contribution in [2.75, 3.05) is 18.0 Å². The van der Waals surface area contributed by atoms with E-state index in [4.69, 9.17) is 10.7 Å². The second-order valence-electron chi connectivity index (χ2n) is 5.57. The lowest BCUT2D eigenvalue weighted by Crippen LogP contribution is -2.29. The number of hydrogen-bond donors (Lipinski definition) is 1. The highest BCUT2D eigenvalue weighted by Gasteiger charge is 2.33. The van der Waals surface area contributed by atoms with Crippen LogP contribution in [0, 0.1) is 5.92 Å². The largest absolute Gasteiger partial charge is 0.340 e. The molecule has 94 valence electrons. The van der Waals surface area contributed by atoms with E-state index in [0.717, 1.165) is 25.5 Å². The van der Waals surface area contributed by atoms with Gasteiger partial charge in [0.25, 0.3) is 0 Å². The topological polar surface area (TPSA) is 47.1 Å². The maximum Gasteiger partial charge on any atom is 0.206 e. The average Bonchev–Trinajstić information content (AvgIpc) is 2.98. The summed E-state index contributed by atoms with van der Waals surface area (Å²) >= 11 is 0. The Morgan fingerprint density at radius 2 is 2.18 bits per heavy atom. The summed E-state index contributed by atoms with van der Waals surface area (Å²) < 4.78 is 2.38. The first-order valence-corrected chi connectivity index (χ1v) is 6.77. The number of rotatable bonds is 3. The van der Waals surface area contributed by atoms with Gasteiger partial charge in [0.05, 0.1) is 5.69 Å². The zero-order valence-corrected chi connectivity index (χ0v) is 10.8. The summed E-state index contributed by atoms with van der Waals surface area (Å²) in [5.74, 6) is 1.73. The van der Waals surface area contributed by atoms with Crippen LogP contribution in [0.25, 0.3) is 0 Å². The van der Waals surface area contributed by atoms with Gasteiger partial charge in [-0.15, -0.1) is 0 Å². The van der Waals surface area contributed by atoms with Crippen LogP contribution in [-0.4, -0.2) is 28.7 Å². The highest BCUT2D eigenvalue weighted by atomic mass is 15.3. The molecule has 1 aliphatic carbocycles. The van der Waals surface area contributed by atoms with Crippen molar-refractivity contribution >= 4 is 5.95 Å². The molecule has 1 aromatic heterocycles. The van der Waals surface area contributed by atoms with E-state index in [0.29, 0.717) is 18.0 Å². The number of nitrogens with zero attached hydrogens (tertiary/aromatic N) is 3. The molecule has 0 amide bonds. The summed E-state index contributed by atoms with van der Waals surface area (Å²) in [4.78, 5) is 7.14. The molecule has 2 N–H and O–H groups in total. The molecule has 2 heterocycles. The van der Waals surface area contributed by atoms with Crippen molar-refractivity contribution in [2.24, 2.45) is 11.7 Å². The highest BCUT2D eigenvalue weighted by Crippen LogP contribution is 2.39. The minimum absolute atomic E-state index is 0.296. The van der Waals surface area contributed by atoms with E-state index < -0.39 is 0 Å². The molecule has 3 rings (SSSR count). The minimum Gasteiger partial charge on any atom is -0.340 e. The third-order valence-corrected chi connectivity index (χ3v) is 4.02. The van der Waals surface area contributed by atoms with Gasteiger partial charge in [-0.25, -0.2) is 4.98 Å². The van der Waals surface area contributed by atoms with E-state index in [1.54, 1.807) is 0 Å². The van der Waals surface area contributed by atoms with E-state index in [9.17, 15) is 0 Å². The Kier molecular flexibility index (Phi) is 2.62. The van der Waals surface area contributed by atoms with Crippen molar-refractivity contribution in [1.29, 1.82) is 0 Å². The molecular weight excluding hydrogens is 212 g/mol. The van der Waals surface area contributed by atoms with Crippen LogP contribution in [0.3, 0.4) is 0 Å². The number of imidazole rings is 1. The van der Waals surface area contributed by atoms with Gasteiger partial charge in [-0.05, 0) is 25.2 Å². The zero-order chi connectivity index (χ0) is 12.0. The van der Waals surface area contributed by atoms with Gasteiger partial charge in [0.1, 0.15) is 0 Å². The van der Waals surface area contributed by atoms with Crippen LogP contribution >= 0.6 is 0 Å². The van der Waals surface area contributed by atoms with Gasteiger partial charge < -0.3 is 15.2 Å². The third-order valence-electron chi connectivity index (χ3n) is 4.02. The number of hydrogen-bond acceptors (Lipinski definition) is 3. The quantitative estimate of drug-likeness (QED) is 0.863. The number of nitrogens with two attached hydrogens (primary N) is 1. The molecule has 0 bridgehead atoms. The average molecular weight is 234 g/mol. The Hall–Kier alpha value is -1.03. The predicted molar refractivity (Wildman–Crippen MR) is 69.2 cm³/mol. The molecule has 4 nitrogen and oxygen atoms in total. The van der Waals surface area contributed by atoms with E-state index in [1.807, 2.05) is 0 Å². The van der Waals surface area contributed by atoms with Crippen molar-refractivity contribution < 1.29 is 0 Å². The summed E-state index contributed by atoms with van der Waals surface area (Å²) in [6.45, 7) is 6.40. The van der Waals surface area contributed by atoms with Crippen molar-refractivity contribution in [2.45, 2.75) is 45.2 Å². The number of aryl methyl sites for hydroxylation is 1. The first-order valence-electron chi connectivity index (χ1n) is 6.77. The maximum absolute atomic E-state index is 6.11. The van der Waals surface area contributed by atoms with Crippen molar-refractivity contribution in [3.05, 3.63) is 11.9 Å². The molecule has 2 aliphatic rings. The van der Waals surface area contributed by atoms with Crippen LogP contribution in [0.1, 0.15) is 38.4 Å². The normalized spacial score (nSPS) is 29.0. The molecule has 1 saturated carbocycles. The Balaban J connectivity index is 1.88. The van der Waals surface area contributed by atoms with Gasteiger partial charge in [0, 0.05) is 31.4 Å². The van der Waals surface area contributed by atoms with Crippen LogP contribution in [0.2, 0.25) is 0 Å². The van der Waals surface area contributed by atoms with Gasteiger partial charge >= 0.3 is 0 Å². The summed E-state index contributed by atoms with van der Waals surface area (Å²) in [5, 5.41) is 0. The molecular formula is C13H22N4. The Morgan fingerprint density at radius 1 is 1.41 bits per heavy atom. The first kappa shape index (κ1) is 11.1. The molecule has 1 saturated heterocycles. The lowest BCUT2D eigenvalue weighted by atomic mass is 10.1. The molecule has 17 heavy (non-hydrogen) atoms. The van der Waals surface area contributed by atoms with E-state index in [1.165, 1.54) is 18.5 Å². The molecule has 0 radical (unpaired) electrons. The summed E-state index contributed by atoms with van der Waals surface area (Å²) in [5.41, 5.74) is 7.32. The summed E-state index contributed by atoms with van der Waals surface area (Å²) in [6, 6.07) is 0.995. The molecule has 1 aliphatic heterocycles. The fourth-order valence-electron chi connectivity index (χ4n) is 2.61. The molecule has 0 spiro atoms. The highest BCUT2D eigenvalue weighted by molar-refractivity contribution is 5.37. The van der Waals surface area contributed by atoms with Crippen LogP contribution in [-0.2, 0) is 6.42 Å². The van der Waals surface area contributed by atoms with Crippen LogP contribution in [0.4, 0.5) is 5.95 Å². The van der Waals surface area contributed by atoms with Gasteiger partial charge in [-0.3, -0.25) is 0 Å². The van der Waals surface area contributed by atoms with Crippen LogP contribution in [0.5, 0.6) is 0 Å². The first-order chi connectivity index (χ1) is 8.19. The molecule has 1 aromatic rings. The molecule has 2 fully saturated rings. The Bertz CT molecular complexity index is 398. The third kappa shape index (κ3) is 1.95. The lowest BCUT2D eigenvalue weighted by molar-refractivity contribution is 0.565. The molecule has 2 unspecified atom stereocenters. The molecule has 4 heteroatoms. The fourth-order valence-corrected chi connectivity index (χ4v) is 2.61. The van der Waals surface area contributed by atoms with Crippen molar-refractivity contribution in [3.8, 4) is 0 Å². The van der Waals surface area contributed by atoms with E-state index >= 15 is 0 Å². The standard InChI is InChI=1S/C13H22N4/c1-3-10-7-17(11-4-5-11)13(15-10)16-6-9(2)12(14)8-16/h7,9,11-12H,3-6,8,14H2,1-2H3. The van der Waals surface area contributed by atoms with Crippen LogP contribution in [0.15, 0.2) is 6.20 Å². The van der Waals surface area contributed by atoms with Gasteiger partial charge in [0.15, 0.2) is 0 Å². The second-order valence-corrected chi connectivity index (χ2v) is 5.57. The predicted octanol–water partition coefficient (Wildman–Crippen LogP) is 1.56. The van der Waals surface area contributed by atoms with Crippen molar-refractivity contribution in [1.82, 2.24) is 9.55 Å². The Labute approximate surface area is 103 Å². The zero-order valence-electron chi connectivity index (χ0n) is 10.8. The lowest BCUT2D eigenvalue weighted by Gasteiger charge is -2.18. The minimum atomic E-state index is 0.296. The van der Waals surface area contributed by atoms with Crippen molar-refractivity contribution in [3.63, 3.8) is 0 Å². The summed E-state index contributed by atoms with van der Waals surface area (Å²) in [6.07, 6.45) is 5.87. The van der Waals surface area contributed by atoms with E-state index in [2.05, 4.69) is 29.5 Å². The summed E-state index contributed by atoms with van der Waals surface area (Å²) in [7, 11) is 0. The Morgan fingerprint density at radius 3 is 2.71 bits per heavy atom. The fraction of sp³-hybridized carbons (Fsp3) is 0.769. The maximum atomic E-state index is 6.11. The van der Waals surface area contributed by atoms with Crippen LogP contribution < -0.4 is 10.6 Å². The monoisotopic (exact) mass is 234 g/mol.